The molecule has 114 valence electrons. The second kappa shape index (κ2) is 5.73. The van der Waals surface area contributed by atoms with Crippen LogP contribution in [-0.2, 0) is 11.8 Å². The highest BCUT2D eigenvalue weighted by molar-refractivity contribution is 6.04. The van der Waals surface area contributed by atoms with Crippen LogP contribution in [-0.4, -0.2) is 20.7 Å². The molecule has 6 nitrogen and oxygen atoms in total. The molecule has 1 atom stereocenters. The molecule has 0 spiro atoms. The van der Waals surface area contributed by atoms with Crippen LogP contribution in [0.4, 0.5) is 5.69 Å². The van der Waals surface area contributed by atoms with E-state index in [-0.39, 0.29) is 11.9 Å². The van der Waals surface area contributed by atoms with Crippen molar-refractivity contribution in [2.24, 2.45) is 12.8 Å². The van der Waals surface area contributed by atoms with E-state index in [0.29, 0.717) is 17.7 Å². The molecule has 0 aliphatic carbocycles. The Balaban J connectivity index is 2.12. The predicted molar refractivity (Wildman–Crippen MR) is 85.0 cm³/mol. The van der Waals surface area contributed by atoms with Crippen LogP contribution in [0.15, 0.2) is 36.7 Å². The summed E-state index contributed by atoms with van der Waals surface area (Å²) >= 11 is 0. The number of rotatable bonds is 0. The zero-order chi connectivity index (χ0) is 15.7. The quantitative estimate of drug-likeness (QED) is 0.730. The lowest BCUT2D eigenvalue weighted by atomic mass is 9.99. The van der Waals surface area contributed by atoms with E-state index in [9.17, 15) is 4.79 Å². The van der Waals surface area contributed by atoms with E-state index in [1.165, 1.54) is 0 Å². The maximum absolute atomic E-state index is 12.2. The third-order valence-electron chi connectivity index (χ3n) is 3.96. The smallest absolute Gasteiger partial charge is 0.251 e. The first kappa shape index (κ1) is 14.5. The molecule has 0 saturated carbocycles. The van der Waals surface area contributed by atoms with E-state index in [4.69, 9.17) is 5.73 Å². The summed E-state index contributed by atoms with van der Waals surface area (Å²) in [7, 11) is 1.82. The Kier molecular flexibility index (Phi) is 3.77. The minimum atomic E-state index is -0.181. The average molecular weight is 297 g/mol. The largest absolute Gasteiger partial charge is 0.324 e. The van der Waals surface area contributed by atoms with E-state index in [1.807, 2.05) is 19.2 Å². The number of amides is 1. The van der Waals surface area contributed by atoms with Crippen molar-refractivity contribution >= 4 is 11.6 Å². The molecule has 1 aliphatic heterocycles. The van der Waals surface area contributed by atoms with Gasteiger partial charge in [0.2, 0.25) is 0 Å². The fourth-order valence-electron chi connectivity index (χ4n) is 2.67. The number of carbonyl (C=O) groups excluding carboxylic acids is 1. The number of aryl methyl sites for hydroxylation is 1. The van der Waals surface area contributed by atoms with E-state index >= 15 is 0 Å². The van der Waals surface area contributed by atoms with Gasteiger partial charge in [-0.25, -0.2) is 0 Å². The fraction of sp³-hybridized carbons (Fsp3) is 0.312. The third-order valence-corrected chi connectivity index (χ3v) is 3.96. The SMILES string of the molecule is C=C1CCC[C@H](N)c2ccnc(c2)-c2c(cnn2C)NC1=O. The number of hydrogen-bond donors (Lipinski definition) is 2. The molecule has 0 radical (unpaired) electrons. The lowest BCUT2D eigenvalue weighted by molar-refractivity contribution is -0.113. The summed E-state index contributed by atoms with van der Waals surface area (Å²) in [5, 5.41) is 7.10. The molecular weight excluding hydrogens is 278 g/mol. The molecule has 0 aromatic carbocycles. The van der Waals surface area contributed by atoms with Gasteiger partial charge in [0.25, 0.3) is 5.91 Å². The van der Waals surface area contributed by atoms with Crippen LogP contribution >= 0.6 is 0 Å². The molecule has 0 fully saturated rings. The molecule has 6 heteroatoms. The van der Waals surface area contributed by atoms with Gasteiger partial charge in [-0.05, 0) is 37.0 Å². The number of carbonyl (C=O) groups is 1. The fourth-order valence-corrected chi connectivity index (χ4v) is 2.67. The van der Waals surface area contributed by atoms with Crippen molar-refractivity contribution in [3.8, 4) is 11.4 Å². The van der Waals surface area contributed by atoms with Crippen LogP contribution in [0.25, 0.3) is 11.4 Å². The van der Waals surface area contributed by atoms with Crippen LogP contribution in [0.5, 0.6) is 0 Å². The molecule has 2 bridgehead atoms. The minimum Gasteiger partial charge on any atom is -0.324 e. The van der Waals surface area contributed by atoms with Crippen molar-refractivity contribution in [2.75, 3.05) is 5.32 Å². The van der Waals surface area contributed by atoms with Gasteiger partial charge in [0, 0.05) is 24.9 Å². The Bertz CT molecular complexity index is 734. The first-order valence-electron chi connectivity index (χ1n) is 7.29. The zero-order valence-corrected chi connectivity index (χ0v) is 12.5. The highest BCUT2D eigenvalue weighted by Gasteiger charge is 2.18. The maximum Gasteiger partial charge on any atom is 0.251 e. The van der Waals surface area contributed by atoms with Crippen molar-refractivity contribution in [3.05, 3.63) is 42.2 Å². The van der Waals surface area contributed by atoms with Crippen molar-refractivity contribution in [3.63, 3.8) is 0 Å². The van der Waals surface area contributed by atoms with Crippen molar-refractivity contribution in [1.29, 1.82) is 0 Å². The molecule has 0 saturated heterocycles. The van der Waals surface area contributed by atoms with Gasteiger partial charge in [0.15, 0.2) is 0 Å². The molecule has 1 aliphatic rings. The maximum atomic E-state index is 12.2. The molecule has 2 aromatic heterocycles. The van der Waals surface area contributed by atoms with Crippen LogP contribution in [0.3, 0.4) is 0 Å². The van der Waals surface area contributed by atoms with Crippen LogP contribution in [0.1, 0.15) is 30.9 Å². The number of fused-ring (bicyclic) bond motifs is 4. The molecular formula is C16H19N5O. The topological polar surface area (TPSA) is 85.8 Å². The number of nitrogens with two attached hydrogens (primary N) is 1. The van der Waals surface area contributed by atoms with Crippen molar-refractivity contribution in [1.82, 2.24) is 14.8 Å². The second-order valence-corrected chi connectivity index (χ2v) is 5.56. The van der Waals surface area contributed by atoms with Gasteiger partial charge in [-0.1, -0.05) is 6.58 Å². The molecule has 2 aromatic rings. The summed E-state index contributed by atoms with van der Waals surface area (Å²) in [4.78, 5) is 16.6. The number of anilines is 1. The lowest BCUT2D eigenvalue weighted by Gasteiger charge is -2.16. The van der Waals surface area contributed by atoms with Gasteiger partial charge >= 0.3 is 0 Å². The number of aromatic nitrogens is 3. The molecule has 3 N–H and O–H groups in total. The first-order valence-corrected chi connectivity index (χ1v) is 7.29. The summed E-state index contributed by atoms with van der Waals surface area (Å²) in [5.74, 6) is -0.181. The molecule has 3 heterocycles. The first-order chi connectivity index (χ1) is 10.6. The minimum absolute atomic E-state index is 0.0753. The van der Waals surface area contributed by atoms with E-state index in [2.05, 4.69) is 22.0 Å². The second-order valence-electron chi connectivity index (χ2n) is 5.56. The standard InChI is InChI=1S/C16H19N5O/c1-10-4-3-5-12(17)11-6-7-18-13(8-11)15-14(20-16(10)22)9-19-21(15)2/h6-9,12H,1,3-5,17H2,2H3,(H,20,22)/t12-/m0/s1. The zero-order valence-electron chi connectivity index (χ0n) is 12.5. The Labute approximate surface area is 129 Å². The Morgan fingerprint density at radius 1 is 1.50 bits per heavy atom. The van der Waals surface area contributed by atoms with Crippen LogP contribution < -0.4 is 11.1 Å². The molecule has 3 rings (SSSR count). The van der Waals surface area contributed by atoms with Crippen LogP contribution in [0.2, 0.25) is 0 Å². The number of hydrogen-bond acceptors (Lipinski definition) is 4. The summed E-state index contributed by atoms with van der Waals surface area (Å²) in [6, 6.07) is 3.82. The van der Waals surface area contributed by atoms with Crippen LogP contribution in [0, 0.1) is 0 Å². The summed E-state index contributed by atoms with van der Waals surface area (Å²) < 4.78 is 1.70. The van der Waals surface area contributed by atoms with E-state index in [0.717, 1.165) is 29.8 Å². The van der Waals surface area contributed by atoms with Gasteiger partial charge in [-0.15, -0.1) is 0 Å². The average Bonchev–Trinajstić information content (AvgIpc) is 2.87. The van der Waals surface area contributed by atoms with E-state index < -0.39 is 0 Å². The normalized spacial score (nSPS) is 18.9. The summed E-state index contributed by atoms with van der Waals surface area (Å²) in [6.45, 7) is 3.86. The number of nitrogens with zero attached hydrogens (tertiary/aromatic N) is 3. The highest BCUT2D eigenvalue weighted by atomic mass is 16.1. The predicted octanol–water partition coefficient (Wildman–Crippen LogP) is 2.16. The van der Waals surface area contributed by atoms with Gasteiger partial charge in [0.05, 0.1) is 17.6 Å². The van der Waals surface area contributed by atoms with Gasteiger partial charge in [0.1, 0.15) is 5.69 Å². The third kappa shape index (κ3) is 2.65. The lowest BCUT2D eigenvalue weighted by Crippen LogP contribution is -2.16. The van der Waals surface area contributed by atoms with Gasteiger partial charge in [-0.2, -0.15) is 5.10 Å². The van der Waals surface area contributed by atoms with E-state index in [1.54, 1.807) is 17.1 Å². The summed E-state index contributed by atoms with van der Waals surface area (Å²) in [5.41, 5.74) is 9.98. The molecule has 0 unspecified atom stereocenters. The Morgan fingerprint density at radius 2 is 2.32 bits per heavy atom. The molecule has 22 heavy (non-hydrogen) atoms. The number of nitrogens with one attached hydrogen (secondary N) is 1. The summed E-state index contributed by atoms with van der Waals surface area (Å²) in [6.07, 6.45) is 5.63. The van der Waals surface area contributed by atoms with Gasteiger partial charge < -0.3 is 11.1 Å². The number of pyridine rings is 1. The highest BCUT2D eigenvalue weighted by Crippen LogP contribution is 2.29. The Hall–Kier alpha value is -2.47. The monoisotopic (exact) mass is 297 g/mol. The van der Waals surface area contributed by atoms with Gasteiger partial charge in [-0.3, -0.25) is 14.5 Å². The van der Waals surface area contributed by atoms with Crippen molar-refractivity contribution < 1.29 is 4.79 Å². The Morgan fingerprint density at radius 3 is 3.14 bits per heavy atom. The van der Waals surface area contributed by atoms with Crippen molar-refractivity contribution in [2.45, 2.75) is 25.3 Å². The molecule has 1 amide bonds.